The molecule has 0 spiro atoms. The van der Waals surface area contributed by atoms with Gasteiger partial charge in [-0.2, -0.15) is 0 Å². The van der Waals surface area contributed by atoms with Crippen molar-refractivity contribution in [2.45, 2.75) is 26.8 Å². The number of carbonyl (C=O) groups excluding carboxylic acids is 2. The van der Waals surface area contributed by atoms with E-state index < -0.39 is 17.8 Å². The number of aliphatic carboxylic acids is 1. The van der Waals surface area contributed by atoms with Gasteiger partial charge in [-0.1, -0.05) is 12.1 Å². The third kappa shape index (κ3) is 4.38. The highest BCUT2D eigenvalue weighted by atomic mass is 16.4. The van der Waals surface area contributed by atoms with Crippen molar-refractivity contribution >= 4 is 23.5 Å². The van der Waals surface area contributed by atoms with Gasteiger partial charge in [0.15, 0.2) is 0 Å². The van der Waals surface area contributed by atoms with Crippen LogP contribution in [0.3, 0.4) is 0 Å². The topological polar surface area (TPSA) is 95.5 Å². The largest absolute Gasteiger partial charge is 0.481 e. The summed E-state index contributed by atoms with van der Waals surface area (Å²) >= 11 is 0. The van der Waals surface area contributed by atoms with Gasteiger partial charge in [-0.15, -0.1) is 0 Å². The molecule has 108 valence electrons. The van der Waals surface area contributed by atoms with Gasteiger partial charge in [-0.3, -0.25) is 14.4 Å². The second-order valence-corrected chi connectivity index (χ2v) is 4.60. The number of amides is 2. The van der Waals surface area contributed by atoms with Gasteiger partial charge in [-0.05, 0) is 31.5 Å². The van der Waals surface area contributed by atoms with E-state index in [4.69, 9.17) is 5.11 Å². The van der Waals surface area contributed by atoms with E-state index in [0.717, 1.165) is 5.56 Å². The average molecular weight is 278 g/mol. The number of carbonyl (C=O) groups is 3. The van der Waals surface area contributed by atoms with Crippen molar-refractivity contribution in [2.75, 3.05) is 5.32 Å². The number of nitrogens with one attached hydrogen (secondary N) is 2. The van der Waals surface area contributed by atoms with E-state index in [1.165, 1.54) is 13.8 Å². The zero-order valence-electron chi connectivity index (χ0n) is 11.6. The second kappa shape index (κ2) is 6.70. The maximum Gasteiger partial charge on any atom is 0.315 e. The first-order valence-electron chi connectivity index (χ1n) is 6.22. The van der Waals surface area contributed by atoms with Crippen LogP contribution in [0.15, 0.2) is 24.3 Å². The van der Waals surface area contributed by atoms with Crippen molar-refractivity contribution in [3.63, 3.8) is 0 Å². The highest BCUT2D eigenvalue weighted by molar-refractivity contribution is 5.96. The molecule has 2 amide bonds. The molecule has 0 fully saturated rings. The fraction of sp³-hybridized carbons (Fsp3) is 0.357. The maximum absolute atomic E-state index is 11.7. The van der Waals surface area contributed by atoms with Gasteiger partial charge in [0.2, 0.25) is 11.8 Å². The van der Waals surface area contributed by atoms with Crippen molar-refractivity contribution in [3.05, 3.63) is 29.8 Å². The Morgan fingerprint density at radius 3 is 2.40 bits per heavy atom. The second-order valence-electron chi connectivity index (χ2n) is 4.60. The Kier molecular flexibility index (Phi) is 5.25. The lowest BCUT2D eigenvalue weighted by Gasteiger charge is -2.17. The van der Waals surface area contributed by atoms with E-state index in [1.807, 2.05) is 0 Å². The number of hydrogen-bond acceptors (Lipinski definition) is 3. The van der Waals surface area contributed by atoms with Crippen LogP contribution in [-0.2, 0) is 14.4 Å². The third-order valence-electron chi connectivity index (χ3n) is 2.83. The van der Waals surface area contributed by atoms with Gasteiger partial charge in [0, 0.05) is 12.6 Å². The van der Waals surface area contributed by atoms with Gasteiger partial charge < -0.3 is 15.7 Å². The van der Waals surface area contributed by atoms with Gasteiger partial charge in [0.1, 0.15) is 5.92 Å². The van der Waals surface area contributed by atoms with Crippen LogP contribution in [0.1, 0.15) is 32.4 Å². The summed E-state index contributed by atoms with van der Waals surface area (Å²) in [6.45, 7) is 4.49. The Balaban J connectivity index is 2.77. The SMILES string of the molecule is CC(=O)Nc1cccc(C(C)NC(=O)C(C)C(=O)O)c1. The van der Waals surface area contributed by atoms with Gasteiger partial charge in [0.05, 0.1) is 6.04 Å². The molecule has 0 saturated carbocycles. The van der Waals surface area contributed by atoms with Gasteiger partial charge in [-0.25, -0.2) is 0 Å². The summed E-state index contributed by atoms with van der Waals surface area (Å²) in [4.78, 5) is 33.4. The minimum atomic E-state index is -1.17. The standard InChI is InChI=1S/C14H18N2O4/c1-8(14(19)20)13(18)15-9(2)11-5-4-6-12(7-11)16-10(3)17/h4-9H,1-3H3,(H,15,18)(H,16,17)(H,19,20). The molecule has 1 aromatic carbocycles. The van der Waals surface area contributed by atoms with Crippen LogP contribution in [0.4, 0.5) is 5.69 Å². The van der Waals surface area contributed by atoms with Crippen LogP contribution >= 0.6 is 0 Å². The Morgan fingerprint density at radius 2 is 1.85 bits per heavy atom. The first-order valence-corrected chi connectivity index (χ1v) is 6.22. The van der Waals surface area contributed by atoms with Crippen LogP contribution in [0.5, 0.6) is 0 Å². The van der Waals surface area contributed by atoms with E-state index in [2.05, 4.69) is 10.6 Å². The molecule has 0 aromatic heterocycles. The van der Waals surface area contributed by atoms with E-state index in [9.17, 15) is 14.4 Å². The summed E-state index contributed by atoms with van der Waals surface area (Å²) in [5, 5.41) is 14.0. The molecule has 1 aromatic rings. The summed E-state index contributed by atoms with van der Waals surface area (Å²) < 4.78 is 0. The minimum absolute atomic E-state index is 0.182. The fourth-order valence-electron chi connectivity index (χ4n) is 1.62. The summed E-state index contributed by atoms with van der Waals surface area (Å²) in [5.41, 5.74) is 1.41. The molecule has 1 rings (SSSR count). The van der Waals surface area contributed by atoms with Crippen molar-refractivity contribution < 1.29 is 19.5 Å². The molecule has 0 aliphatic rings. The zero-order valence-corrected chi connectivity index (χ0v) is 11.6. The van der Waals surface area contributed by atoms with E-state index >= 15 is 0 Å². The molecule has 0 radical (unpaired) electrons. The first-order chi connectivity index (χ1) is 9.31. The molecule has 0 aliphatic carbocycles. The monoisotopic (exact) mass is 278 g/mol. The lowest BCUT2D eigenvalue weighted by molar-refractivity contribution is -0.146. The van der Waals surface area contributed by atoms with Crippen LogP contribution in [0, 0.1) is 5.92 Å². The van der Waals surface area contributed by atoms with E-state index in [0.29, 0.717) is 5.69 Å². The molecular weight excluding hydrogens is 260 g/mol. The average Bonchev–Trinajstić information content (AvgIpc) is 2.37. The van der Waals surface area contributed by atoms with Crippen molar-refractivity contribution in [1.29, 1.82) is 0 Å². The van der Waals surface area contributed by atoms with Crippen LogP contribution < -0.4 is 10.6 Å². The molecule has 0 saturated heterocycles. The fourth-order valence-corrected chi connectivity index (χ4v) is 1.62. The van der Waals surface area contributed by atoms with Crippen molar-refractivity contribution in [1.82, 2.24) is 5.32 Å². The zero-order chi connectivity index (χ0) is 15.3. The molecule has 3 N–H and O–H groups in total. The number of anilines is 1. The number of benzene rings is 1. The lowest BCUT2D eigenvalue weighted by atomic mass is 10.1. The maximum atomic E-state index is 11.7. The molecule has 6 heteroatoms. The molecule has 0 heterocycles. The summed E-state index contributed by atoms with van der Waals surface area (Å²) in [6, 6.07) is 6.67. The molecule has 0 bridgehead atoms. The molecule has 2 atom stereocenters. The van der Waals surface area contributed by atoms with Crippen LogP contribution in [0.25, 0.3) is 0 Å². The van der Waals surface area contributed by atoms with Crippen molar-refractivity contribution in [2.24, 2.45) is 5.92 Å². The summed E-state index contributed by atoms with van der Waals surface area (Å²) in [6.07, 6.45) is 0. The Labute approximate surface area is 117 Å². The smallest absolute Gasteiger partial charge is 0.315 e. The van der Waals surface area contributed by atoms with Crippen LogP contribution in [0.2, 0.25) is 0 Å². The number of hydrogen-bond donors (Lipinski definition) is 3. The van der Waals surface area contributed by atoms with Gasteiger partial charge >= 0.3 is 5.97 Å². The molecule has 20 heavy (non-hydrogen) atoms. The number of carboxylic acids is 1. The Morgan fingerprint density at radius 1 is 1.20 bits per heavy atom. The summed E-state index contributed by atoms with van der Waals surface area (Å²) in [7, 11) is 0. The normalized spacial score (nSPS) is 13.2. The van der Waals surface area contributed by atoms with Gasteiger partial charge in [0.25, 0.3) is 0 Å². The number of rotatable bonds is 5. The lowest BCUT2D eigenvalue weighted by Crippen LogP contribution is -2.35. The predicted molar refractivity (Wildman–Crippen MR) is 74.1 cm³/mol. The molecule has 6 nitrogen and oxygen atoms in total. The molecular formula is C14H18N2O4. The highest BCUT2D eigenvalue weighted by Gasteiger charge is 2.22. The Bertz CT molecular complexity index is 528. The molecule has 0 aliphatic heterocycles. The van der Waals surface area contributed by atoms with E-state index in [-0.39, 0.29) is 11.9 Å². The highest BCUT2D eigenvalue weighted by Crippen LogP contribution is 2.17. The predicted octanol–water partition coefficient (Wildman–Crippen LogP) is 1.54. The van der Waals surface area contributed by atoms with Crippen LogP contribution in [-0.4, -0.2) is 22.9 Å². The Hall–Kier alpha value is -2.37. The quantitative estimate of drug-likeness (QED) is 0.712. The summed E-state index contributed by atoms with van der Waals surface area (Å²) in [5.74, 6) is -2.99. The first kappa shape index (κ1) is 15.7. The van der Waals surface area contributed by atoms with Crippen molar-refractivity contribution in [3.8, 4) is 0 Å². The minimum Gasteiger partial charge on any atom is -0.481 e. The van der Waals surface area contributed by atoms with E-state index in [1.54, 1.807) is 31.2 Å². The third-order valence-corrected chi connectivity index (χ3v) is 2.83. The number of carboxylic acid groups (broad SMARTS) is 1. The molecule has 2 unspecified atom stereocenters.